The SMILES string of the molecule is CN=C(NCc1ccc(-n2nc(C)cc2C)nc1)NC(C)C.I. The molecule has 2 aromatic heterocycles. The molecule has 0 fully saturated rings. The molecule has 2 aromatic rings. The van der Waals surface area contributed by atoms with Gasteiger partial charge in [0, 0.05) is 31.5 Å². The second-order valence-electron chi connectivity index (χ2n) is 5.59. The van der Waals surface area contributed by atoms with Gasteiger partial charge in [-0.1, -0.05) is 6.07 Å². The van der Waals surface area contributed by atoms with Crippen LogP contribution < -0.4 is 10.6 Å². The van der Waals surface area contributed by atoms with Crippen molar-refractivity contribution in [2.24, 2.45) is 4.99 Å². The Balaban J connectivity index is 0.00000264. The molecule has 0 atom stereocenters. The van der Waals surface area contributed by atoms with Crippen LogP contribution in [-0.4, -0.2) is 33.8 Å². The normalized spacial score (nSPS) is 11.3. The average Bonchev–Trinajstić information content (AvgIpc) is 2.82. The van der Waals surface area contributed by atoms with Crippen LogP contribution in [0.1, 0.15) is 30.8 Å². The van der Waals surface area contributed by atoms with Gasteiger partial charge >= 0.3 is 0 Å². The monoisotopic (exact) mass is 428 g/mol. The summed E-state index contributed by atoms with van der Waals surface area (Å²) in [4.78, 5) is 8.67. The van der Waals surface area contributed by atoms with Crippen LogP contribution in [0.5, 0.6) is 0 Å². The number of guanidine groups is 1. The van der Waals surface area contributed by atoms with Gasteiger partial charge in [0.25, 0.3) is 0 Å². The van der Waals surface area contributed by atoms with Gasteiger partial charge in [0.15, 0.2) is 11.8 Å². The molecule has 0 bridgehead atoms. The van der Waals surface area contributed by atoms with Crippen LogP contribution in [0, 0.1) is 13.8 Å². The third-order valence-electron chi connectivity index (χ3n) is 3.14. The molecule has 0 spiro atoms. The van der Waals surface area contributed by atoms with E-state index in [1.165, 1.54) is 0 Å². The highest BCUT2D eigenvalue weighted by atomic mass is 127. The number of halogens is 1. The summed E-state index contributed by atoms with van der Waals surface area (Å²) in [5.41, 5.74) is 3.17. The van der Waals surface area contributed by atoms with Gasteiger partial charge in [-0.3, -0.25) is 4.99 Å². The lowest BCUT2D eigenvalue weighted by Crippen LogP contribution is -2.40. The van der Waals surface area contributed by atoms with Crippen molar-refractivity contribution in [3.63, 3.8) is 0 Å². The van der Waals surface area contributed by atoms with Gasteiger partial charge in [0.1, 0.15) is 0 Å². The second kappa shape index (κ2) is 8.85. The number of rotatable bonds is 4. The third-order valence-corrected chi connectivity index (χ3v) is 3.14. The topological polar surface area (TPSA) is 67.1 Å². The number of pyridine rings is 1. The summed E-state index contributed by atoms with van der Waals surface area (Å²) in [7, 11) is 1.77. The fourth-order valence-corrected chi connectivity index (χ4v) is 2.16. The number of aliphatic imine (C=N–C) groups is 1. The Kier molecular flexibility index (Phi) is 7.47. The molecule has 23 heavy (non-hydrogen) atoms. The zero-order valence-electron chi connectivity index (χ0n) is 14.3. The molecule has 0 aliphatic heterocycles. The van der Waals surface area contributed by atoms with Gasteiger partial charge in [0.2, 0.25) is 0 Å². The van der Waals surface area contributed by atoms with E-state index in [0.29, 0.717) is 12.6 Å². The summed E-state index contributed by atoms with van der Waals surface area (Å²) in [6.07, 6.45) is 1.86. The van der Waals surface area contributed by atoms with Crippen LogP contribution in [0.2, 0.25) is 0 Å². The maximum atomic E-state index is 4.49. The van der Waals surface area contributed by atoms with Gasteiger partial charge in [-0.05, 0) is 45.4 Å². The molecule has 0 aliphatic rings. The van der Waals surface area contributed by atoms with Crippen molar-refractivity contribution >= 4 is 29.9 Å². The first-order valence-electron chi connectivity index (χ1n) is 7.45. The first-order valence-corrected chi connectivity index (χ1v) is 7.45. The first-order chi connectivity index (χ1) is 10.5. The zero-order chi connectivity index (χ0) is 16.1. The Morgan fingerprint density at radius 3 is 2.52 bits per heavy atom. The van der Waals surface area contributed by atoms with Crippen molar-refractivity contribution in [2.75, 3.05) is 7.05 Å². The van der Waals surface area contributed by atoms with E-state index in [-0.39, 0.29) is 24.0 Å². The predicted molar refractivity (Wildman–Crippen MR) is 105 cm³/mol. The van der Waals surface area contributed by atoms with Crippen LogP contribution in [-0.2, 0) is 6.54 Å². The fraction of sp³-hybridized carbons (Fsp3) is 0.438. The molecule has 0 unspecified atom stereocenters. The van der Waals surface area contributed by atoms with Crippen LogP contribution >= 0.6 is 24.0 Å². The largest absolute Gasteiger partial charge is 0.354 e. The molecular weight excluding hydrogens is 403 g/mol. The van der Waals surface area contributed by atoms with Crippen molar-refractivity contribution in [3.05, 3.63) is 41.3 Å². The van der Waals surface area contributed by atoms with Crippen molar-refractivity contribution in [1.82, 2.24) is 25.4 Å². The van der Waals surface area contributed by atoms with Crippen LogP contribution in [0.4, 0.5) is 0 Å². The summed E-state index contributed by atoms with van der Waals surface area (Å²) in [5.74, 6) is 1.62. The lowest BCUT2D eigenvalue weighted by Gasteiger charge is -2.14. The van der Waals surface area contributed by atoms with E-state index in [9.17, 15) is 0 Å². The predicted octanol–water partition coefficient (Wildman–Crippen LogP) is 2.58. The van der Waals surface area contributed by atoms with E-state index in [1.807, 2.05) is 36.9 Å². The number of aromatic nitrogens is 3. The summed E-state index contributed by atoms with van der Waals surface area (Å²) in [6.45, 7) is 8.85. The number of hydrogen-bond donors (Lipinski definition) is 2. The number of nitrogens with zero attached hydrogens (tertiary/aromatic N) is 4. The van der Waals surface area contributed by atoms with Crippen molar-refractivity contribution in [2.45, 2.75) is 40.3 Å². The van der Waals surface area contributed by atoms with Crippen LogP contribution in [0.15, 0.2) is 29.4 Å². The number of nitrogens with one attached hydrogen (secondary N) is 2. The number of hydrogen-bond acceptors (Lipinski definition) is 3. The third kappa shape index (κ3) is 5.49. The molecule has 2 N–H and O–H groups in total. The minimum absolute atomic E-state index is 0. The Morgan fingerprint density at radius 2 is 2.04 bits per heavy atom. The molecular formula is C16H25IN6. The maximum Gasteiger partial charge on any atom is 0.191 e. The highest BCUT2D eigenvalue weighted by Crippen LogP contribution is 2.10. The Bertz CT molecular complexity index is 645. The van der Waals surface area contributed by atoms with Crippen LogP contribution in [0.25, 0.3) is 5.82 Å². The quantitative estimate of drug-likeness (QED) is 0.447. The lowest BCUT2D eigenvalue weighted by molar-refractivity contribution is 0.698. The smallest absolute Gasteiger partial charge is 0.191 e. The van der Waals surface area contributed by atoms with E-state index >= 15 is 0 Å². The number of aryl methyl sites for hydroxylation is 2. The van der Waals surface area contributed by atoms with E-state index in [1.54, 1.807) is 7.05 Å². The molecule has 0 aromatic carbocycles. The summed E-state index contributed by atoms with van der Waals surface area (Å²) in [6, 6.07) is 6.42. The summed E-state index contributed by atoms with van der Waals surface area (Å²) < 4.78 is 1.85. The highest BCUT2D eigenvalue weighted by molar-refractivity contribution is 14.0. The molecule has 0 amide bonds. The van der Waals surface area contributed by atoms with Crippen molar-refractivity contribution in [1.29, 1.82) is 0 Å². The minimum Gasteiger partial charge on any atom is -0.354 e. The minimum atomic E-state index is 0. The average molecular weight is 428 g/mol. The highest BCUT2D eigenvalue weighted by Gasteiger charge is 2.05. The summed E-state index contributed by atoms with van der Waals surface area (Å²) >= 11 is 0. The zero-order valence-corrected chi connectivity index (χ0v) is 16.6. The Morgan fingerprint density at radius 1 is 1.30 bits per heavy atom. The van der Waals surface area contributed by atoms with E-state index in [4.69, 9.17) is 0 Å². The summed E-state index contributed by atoms with van der Waals surface area (Å²) in [5, 5.41) is 11.0. The maximum absolute atomic E-state index is 4.49. The molecule has 2 rings (SSSR count). The molecule has 0 saturated carbocycles. The molecule has 0 radical (unpaired) electrons. The van der Waals surface area contributed by atoms with E-state index < -0.39 is 0 Å². The van der Waals surface area contributed by atoms with Gasteiger partial charge < -0.3 is 10.6 Å². The Labute approximate surface area is 154 Å². The van der Waals surface area contributed by atoms with Gasteiger partial charge in [-0.15, -0.1) is 24.0 Å². The molecule has 0 aliphatic carbocycles. The molecule has 7 heteroatoms. The molecule has 126 valence electrons. The van der Waals surface area contributed by atoms with E-state index in [2.05, 4.69) is 45.6 Å². The molecule has 0 saturated heterocycles. The lowest BCUT2D eigenvalue weighted by atomic mass is 10.3. The fourth-order valence-electron chi connectivity index (χ4n) is 2.16. The Hall–Kier alpha value is -1.64. The van der Waals surface area contributed by atoms with Crippen molar-refractivity contribution in [3.8, 4) is 5.82 Å². The van der Waals surface area contributed by atoms with Crippen LogP contribution in [0.3, 0.4) is 0 Å². The molecule has 6 nitrogen and oxygen atoms in total. The van der Waals surface area contributed by atoms with Gasteiger partial charge in [-0.25, -0.2) is 9.67 Å². The molecule has 2 heterocycles. The van der Waals surface area contributed by atoms with Gasteiger partial charge in [0.05, 0.1) is 5.69 Å². The van der Waals surface area contributed by atoms with Gasteiger partial charge in [-0.2, -0.15) is 5.10 Å². The van der Waals surface area contributed by atoms with Crippen molar-refractivity contribution < 1.29 is 0 Å². The first kappa shape index (κ1) is 19.4. The second-order valence-corrected chi connectivity index (χ2v) is 5.59. The van der Waals surface area contributed by atoms with E-state index in [0.717, 1.165) is 28.7 Å². The standard InChI is InChI=1S/C16H24N6.HI/c1-11(2)20-16(17-5)19-10-14-6-7-15(18-9-14)22-13(4)8-12(3)21-22;/h6-9,11H,10H2,1-5H3,(H2,17,19,20);1H.